The molecule has 0 saturated heterocycles. The molecule has 1 aromatic rings. The van der Waals surface area contributed by atoms with Crippen LogP contribution in [-0.4, -0.2) is 23.7 Å². The highest BCUT2D eigenvalue weighted by Gasteiger charge is 2.40. The van der Waals surface area contributed by atoms with Gasteiger partial charge in [-0.2, -0.15) is 0 Å². The van der Waals surface area contributed by atoms with Crippen LogP contribution in [0, 0.1) is 17.2 Å². The molecule has 6 heteroatoms. The molecular weight excluding hydrogens is 397 g/mol. The third-order valence-electron chi connectivity index (χ3n) is 6.11. The topological polar surface area (TPSA) is 64.6 Å². The molecule has 2 bridgehead atoms. The van der Waals surface area contributed by atoms with Crippen molar-refractivity contribution in [3.63, 3.8) is 0 Å². The van der Waals surface area contributed by atoms with Crippen molar-refractivity contribution in [3.05, 3.63) is 29.1 Å². The highest BCUT2D eigenvalue weighted by molar-refractivity contribution is 5.78. The molecule has 0 aliphatic heterocycles. The standard InChI is InChI=1S/C25H36FNO4/c1-24(2,3)22(28)30-16-13-18-17-11-9-7-8-10-15(12-19(18)20(26)14-16)21(17)27-23(29)31-25(4,5)6/h13-15,17,21H,7-12H2,1-6H3,(H,27,29). The summed E-state index contributed by atoms with van der Waals surface area (Å²) in [5, 5.41) is 3.10. The summed E-state index contributed by atoms with van der Waals surface area (Å²) >= 11 is 0. The van der Waals surface area contributed by atoms with E-state index < -0.39 is 23.1 Å². The number of rotatable bonds is 2. The average Bonchev–Trinajstić information content (AvgIpc) is 2.60. The number of hydrogen-bond acceptors (Lipinski definition) is 4. The van der Waals surface area contributed by atoms with Crippen LogP contribution >= 0.6 is 0 Å². The molecule has 1 fully saturated rings. The summed E-state index contributed by atoms with van der Waals surface area (Å²) in [6.45, 7) is 10.8. The van der Waals surface area contributed by atoms with Crippen LogP contribution in [0.5, 0.6) is 5.75 Å². The van der Waals surface area contributed by atoms with Crippen LogP contribution in [0.4, 0.5) is 9.18 Å². The zero-order valence-electron chi connectivity index (χ0n) is 19.6. The highest BCUT2D eigenvalue weighted by Crippen LogP contribution is 2.44. The van der Waals surface area contributed by atoms with Crippen LogP contribution in [0.1, 0.15) is 90.7 Å². The summed E-state index contributed by atoms with van der Waals surface area (Å²) in [6, 6.07) is 2.99. The Labute approximate surface area is 185 Å². The van der Waals surface area contributed by atoms with Crippen molar-refractivity contribution in [1.82, 2.24) is 5.32 Å². The van der Waals surface area contributed by atoms with Crippen LogP contribution in [0.15, 0.2) is 12.1 Å². The van der Waals surface area contributed by atoms with E-state index in [1.54, 1.807) is 26.8 Å². The molecule has 2 aliphatic rings. The lowest BCUT2D eigenvalue weighted by atomic mass is 9.68. The van der Waals surface area contributed by atoms with E-state index in [9.17, 15) is 9.59 Å². The number of carbonyl (C=O) groups is 2. The molecule has 0 heterocycles. The second kappa shape index (κ2) is 8.79. The van der Waals surface area contributed by atoms with Gasteiger partial charge in [-0.25, -0.2) is 9.18 Å². The number of amides is 1. The Hall–Kier alpha value is -2.11. The van der Waals surface area contributed by atoms with Crippen LogP contribution in [0.3, 0.4) is 0 Å². The van der Waals surface area contributed by atoms with Crippen molar-refractivity contribution >= 4 is 12.1 Å². The number of carbonyl (C=O) groups excluding carboxylic acids is 2. The summed E-state index contributed by atoms with van der Waals surface area (Å²) in [6.07, 6.45) is 5.12. The monoisotopic (exact) mass is 433 g/mol. The minimum Gasteiger partial charge on any atom is -0.444 e. The van der Waals surface area contributed by atoms with E-state index in [0.29, 0.717) is 12.0 Å². The molecule has 31 heavy (non-hydrogen) atoms. The summed E-state index contributed by atoms with van der Waals surface area (Å²) in [7, 11) is 0. The molecule has 5 nitrogen and oxygen atoms in total. The summed E-state index contributed by atoms with van der Waals surface area (Å²) in [5.74, 6) is -0.387. The zero-order chi connectivity index (χ0) is 23.0. The van der Waals surface area contributed by atoms with E-state index in [1.807, 2.05) is 20.8 Å². The van der Waals surface area contributed by atoms with Gasteiger partial charge in [-0.05, 0) is 83.9 Å². The Balaban J connectivity index is 1.94. The van der Waals surface area contributed by atoms with Crippen molar-refractivity contribution < 1.29 is 23.5 Å². The van der Waals surface area contributed by atoms with Gasteiger partial charge in [-0.15, -0.1) is 0 Å². The molecule has 172 valence electrons. The van der Waals surface area contributed by atoms with Crippen molar-refractivity contribution in [2.24, 2.45) is 11.3 Å². The van der Waals surface area contributed by atoms with Crippen LogP contribution < -0.4 is 10.1 Å². The third kappa shape index (κ3) is 5.78. The van der Waals surface area contributed by atoms with Gasteiger partial charge in [0.25, 0.3) is 0 Å². The summed E-state index contributed by atoms with van der Waals surface area (Å²) in [5.41, 5.74) is 0.267. The van der Waals surface area contributed by atoms with E-state index in [1.165, 1.54) is 6.07 Å². The highest BCUT2D eigenvalue weighted by atomic mass is 19.1. The number of nitrogens with one attached hydrogen (secondary N) is 1. The van der Waals surface area contributed by atoms with E-state index in [4.69, 9.17) is 9.47 Å². The van der Waals surface area contributed by atoms with Crippen LogP contribution in [0.2, 0.25) is 0 Å². The van der Waals surface area contributed by atoms with Gasteiger partial charge in [0.2, 0.25) is 0 Å². The maximum atomic E-state index is 15.1. The molecule has 0 radical (unpaired) electrons. The number of esters is 1. The Bertz CT molecular complexity index is 837. The fourth-order valence-corrected chi connectivity index (χ4v) is 4.63. The first-order valence-electron chi connectivity index (χ1n) is 11.4. The zero-order valence-corrected chi connectivity index (χ0v) is 19.6. The Morgan fingerprint density at radius 2 is 1.71 bits per heavy atom. The first kappa shape index (κ1) is 23.6. The molecule has 3 unspecified atom stereocenters. The second-order valence-corrected chi connectivity index (χ2v) is 11.0. The lowest BCUT2D eigenvalue weighted by Gasteiger charge is -2.42. The molecule has 3 atom stereocenters. The fourth-order valence-electron chi connectivity index (χ4n) is 4.63. The van der Waals surface area contributed by atoms with Crippen molar-refractivity contribution in [2.45, 2.75) is 97.6 Å². The summed E-state index contributed by atoms with van der Waals surface area (Å²) < 4.78 is 26.1. The first-order valence-corrected chi connectivity index (χ1v) is 11.4. The predicted molar refractivity (Wildman–Crippen MR) is 118 cm³/mol. The Morgan fingerprint density at radius 1 is 1.03 bits per heavy atom. The van der Waals surface area contributed by atoms with Crippen molar-refractivity contribution in [1.29, 1.82) is 0 Å². The van der Waals surface area contributed by atoms with Crippen LogP contribution in [-0.2, 0) is 16.0 Å². The number of alkyl carbamates (subject to hydrolysis) is 1. The number of halogens is 1. The predicted octanol–water partition coefficient (Wildman–Crippen LogP) is 5.89. The molecule has 0 spiro atoms. The van der Waals surface area contributed by atoms with E-state index in [2.05, 4.69) is 5.32 Å². The van der Waals surface area contributed by atoms with Gasteiger partial charge in [0.15, 0.2) is 0 Å². The third-order valence-corrected chi connectivity index (χ3v) is 6.11. The fraction of sp³-hybridized carbons (Fsp3) is 0.680. The average molecular weight is 434 g/mol. The number of ether oxygens (including phenoxy) is 2. The van der Waals surface area contributed by atoms with Gasteiger partial charge in [0.1, 0.15) is 17.2 Å². The van der Waals surface area contributed by atoms with Gasteiger partial charge in [0, 0.05) is 18.0 Å². The minimum absolute atomic E-state index is 0.0376. The van der Waals surface area contributed by atoms with Gasteiger partial charge in [-0.1, -0.05) is 19.3 Å². The Morgan fingerprint density at radius 3 is 2.35 bits per heavy atom. The van der Waals surface area contributed by atoms with Crippen LogP contribution in [0.25, 0.3) is 0 Å². The van der Waals surface area contributed by atoms with E-state index >= 15 is 4.39 Å². The molecule has 2 aliphatic carbocycles. The lowest BCUT2D eigenvalue weighted by Crippen LogP contribution is -2.49. The van der Waals surface area contributed by atoms with Gasteiger partial charge in [-0.3, -0.25) is 4.79 Å². The SMILES string of the molecule is CC(C)(C)OC(=O)NC1C2CCCCCC1c1cc(OC(=O)C(C)(C)C)cc(F)c1C2. The number of hydrogen-bond donors (Lipinski definition) is 1. The first-order chi connectivity index (χ1) is 14.3. The van der Waals surface area contributed by atoms with Gasteiger partial charge < -0.3 is 14.8 Å². The molecule has 1 amide bonds. The van der Waals surface area contributed by atoms with Gasteiger partial charge in [0.05, 0.1) is 5.41 Å². The normalized spacial score (nSPS) is 23.8. The number of fused-ring (bicyclic) bond motifs is 4. The molecule has 1 N–H and O–H groups in total. The molecule has 0 aromatic heterocycles. The quantitative estimate of drug-likeness (QED) is 0.466. The molecular formula is C25H36FNO4. The molecule has 1 saturated carbocycles. The second-order valence-electron chi connectivity index (χ2n) is 11.0. The largest absolute Gasteiger partial charge is 0.444 e. The lowest BCUT2D eigenvalue weighted by molar-refractivity contribution is -0.143. The van der Waals surface area contributed by atoms with Crippen molar-refractivity contribution in [2.75, 3.05) is 0 Å². The molecule has 3 rings (SSSR count). The minimum atomic E-state index is -0.682. The number of benzene rings is 1. The maximum Gasteiger partial charge on any atom is 0.407 e. The smallest absolute Gasteiger partial charge is 0.407 e. The van der Waals surface area contributed by atoms with E-state index in [-0.39, 0.29) is 29.4 Å². The van der Waals surface area contributed by atoms with Crippen molar-refractivity contribution in [3.8, 4) is 5.75 Å². The van der Waals surface area contributed by atoms with E-state index in [0.717, 1.165) is 37.7 Å². The Kier molecular flexibility index (Phi) is 6.68. The molecule has 1 aromatic carbocycles. The van der Waals surface area contributed by atoms with Gasteiger partial charge >= 0.3 is 12.1 Å². The maximum absolute atomic E-state index is 15.1. The summed E-state index contributed by atoms with van der Waals surface area (Å²) in [4.78, 5) is 24.9.